The quantitative estimate of drug-likeness (QED) is 0.278. The van der Waals surface area contributed by atoms with Crippen molar-refractivity contribution in [2.24, 2.45) is 0 Å². The van der Waals surface area contributed by atoms with Gasteiger partial charge >= 0.3 is 0 Å². The van der Waals surface area contributed by atoms with Crippen LogP contribution in [-0.2, 0) is 32.6 Å². The third kappa shape index (κ3) is 10.2. The molecule has 42 heavy (non-hydrogen) atoms. The Hall–Kier alpha value is -3.85. The number of ether oxygens (including phenoxy) is 1. The molecular weight excluding hydrogens is 550 g/mol. The molecule has 226 valence electrons. The molecule has 0 aromatic heterocycles. The van der Waals surface area contributed by atoms with Crippen LogP contribution in [0.2, 0.25) is 0 Å². The first-order valence-electron chi connectivity index (χ1n) is 14.3. The number of sulfonamides is 1. The number of carbonyl (C=O) groups excluding carboxylic acids is 2. The summed E-state index contributed by atoms with van der Waals surface area (Å²) in [5, 5.41) is 3.06. The van der Waals surface area contributed by atoms with E-state index < -0.39 is 21.6 Å². The smallest absolute Gasteiger partial charge is 0.243 e. The van der Waals surface area contributed by atoms with Crippen LogP contribution >= 0.6 is 0 Å². The third-order valence-corrected chi connectivity index (χ3v) is 7.75. The predicted molar refractivity (Wildman–Crippen MR) is 168 cm³/mol. The topological polar surface area (TPSA) is 96.0 Å². The summed E-state index contributed by atoms with van der Waals surface area (Å²) in [6.45, 7) is 8.50. The molecule has 3 aromatic carbocycles. The van der Waals surface area contributed by atoms with Crippen molar-refractivity contribution >= 4 is 27.5 Å². The largest absolute Gasteiger partial charge is 0.494 e. The SMILES string of the molecule is CCOc1ccc(N(CCCC(=O)N(Cc2ccccc2)[C@H](Cc2ccccc2)C(=O)NC(C)(C)C)S(C)(=O)=O)cc1. The molecule has 0 bridgehead atoms. The number of nitrogens with zero attached hydrogens (tertiary/aromatic N) is 2. The maximum atomic E-state index is 13.9. The molecular formula is C33H43N3O5S. The standard InChI is InChI=1S/C33H43N3O5S/c1-6-41-29-21-19-28(20-22-29)36(42(5,39)40)23-13-18-31(37)35(25-27-16-11-8-12-17-27)30(32(38)34-33(2,3)4)24-26-14-9-7-10-15-26/h7-12,14-17,19-22,30H,6,13,18,23-25H2,1-5H3,(H,34,38)/t30-/m1/s1. The second-order valence-corrected chi connectivity index (χ2v) is 13.2. The van der Waals surface area contributed by atoms with Crippen molar-refractivity contribution in [1.82, 2.24) is 10.2 Å². The molecule has 0 fully saturated rings. The van der Waals surface area contributed by atoms with Crippen LogP contribution in [0.3, 0.4) is 0 Å². The lowest BCUT2D eigenvalue weighted by atomic mass is 10.00. The molecule has 0 aliphatic heterocycles. The summed E-state index contributed by atoms with van der Waals surface area (Å²) >= 11 is 0. The number of benzene rings is 3. The van der Waals surface area contributed by atoms with Gasteiger partial charge < -0.3 is 15.0 Å². The lowest BCUT2D eigenvalue weighted by molar-refractivity contribution is -0.142. The fraction of sp³-hybridized carbons (Fsp3) is 0.394. The Kier molecular flexibility index (Phi) is 11.6. The third-order valence-electron chi connectivity index (χ3n) is 6.55. The van der Waals surface area contributed by atoms with Gasteiger partial charge in [0.2, 0.25) is 21.8 Å². The summed E-state index contributed by atoms with van der Waals surface area (Å²) in [5.41, 5.74) is 1.86. The highest BCUT2D eigenvalue weighted by atomic mass is 32.2. The molecule has 0 aliphatic carbocycles. The highest BCUT2D eigenvalue weighted by molar-refractivity contribution is 7.92. The fourth-order valence-electron chi connectivity index (χ4n) is 4.67. The van der Waals surface area contributed by atoms with E-state index in [9.17, 15) is 18.0 Å². The van der Waals surface area contributed by atoms with Gasteiger partial charge in [0.1, 0.15) is 11.8 Å². The summed E-state index contributed by atoms with van der Waals surface area (Å²) in [6.07, 6.45) is 1.86. The van der Waals surface area contributed by atoms with Crippen molar-refractivity contribution in [3.8, 4) is 5.75 Å². The molecule has 0 radical (unpaired) electrons. The van der Waals surface area contributed by atoms with Crippen LogP contribution in [0.1, 0.15) is 51.7 Å². The van der Waals surface area contributed by atoms with Crippen LogP contribution < -0.4 is 14.4 Å². The number of rotatable bonds is 14. The lowest BCUT2D eigenvalue weighted by Crippen LogP contribution is -2.54. The van der Waals surface area contributed by atoms with E-state index in [1.165, 1.54) is 4.31 Å². The highest BCUT2D eigenvalue weighted by Crippen LogP contribution is 2.23. The van der Waals surface area contributed by atoms with Gasteiger partial charge in [0.25, 0.3) is 0 Å². The Morgan fingerprint density at radius 2 is 1.45 bits per heavy atom. The molecule has 0 unspecified atom stereocenters. The zero-order chi connectivity index (χ0) is 30.8. The maximum Gasteiger partial charge on any atom is 0.243 e. The van der Waals surface area contributed by atoms with Gasteiger partial charge in [0.05, 0.1) is 18.6 Å². The minimum atomic E-state index is -3.60. The Balaban J connectivity index is 1.86. The zero-order valence-corrected chi connectivity index (χ0v) is 26.1. The minimum absolute atomic E-state index is 0.0734. The highest BCUT2D eigenvalue weighted by Gasteiger charge is 2.32. The van der Waals surface area contributed by atoms with Crippen molar-refractivity contribution < 1.29 is 22.7 Å². The number of carbonyl (C=O) groups is 2. The molecule has 9 heteroatoms. The van der Waals surface area contributed by atoms with Gasteiger partial charge in [-0.15, -0.1) is 0 Å². The Morgan fingerprint density at radius 1 is 0.881 bits per heavy atom. The summed E-state index contributed by atoms with van der Waals surface area (Å²) in [5.74, 6) is 0.200. The molecule has 8 nitrogen and oxygen atoms in total. The summed E-state index contributed by atoms with van der Waals surface area (Å²) in [6, 6.07) is 25.3. The van der Waals surface area contributed by atoms with Gasteiger partial charge in [-0.2, -0.15) is 0 Å². The van der Waals surface area contributed by atoms with Crippen LogP contribution in [0, 0.1) is 0 Å². The van der Waals surface area contributed by atoms with Crippen molar-refractivity contribution in [2.75, 3.05) is 23.7 Å². The molecule has 1 N–H and O–H groups in total. The van der Waals surface area contributed by atoms with Crippen LogP contribution in [-0.4, -0.2) is 56.1 Å². The van der Waals surface area contributed by atoms with Gasteiger partial charge in [-0.05, 0) is 69.5 Å². The second kappa shape index (κ2) is 14.9. The Labute approximate surface area is 250 Å². The molecule has 1 atom stereocenters. The molecule has 0 spiro atoms. The van der Waals surface area contributed by atoms with E-state index in [0.29, 0.717) is 24.5 Å². The normalized spacial score (nSPS) is 12.3. The van der Waals surface area contributed by atoms with Gasteiger partial charge in [0.15, 0.2) is 0 Å². The van der Waals surface area contributed by atoms with E-state index in [2.05, 4.69) is 5.32 Å². The number of anilines is 1. The number of hydrogen-bond donors (Lipinski definition) is 1. The first-order chi connectivity index (χ1) is 19.9. The molecule has 0 saturated carbocycles. The van der Waals surface area contributed by atoms with E-state index in [4.69, 9.17) is 4.74 Å². The lowest BCUT2D eigenvalue weighted by Gasteiger charge is -2.34. The average Bonchev–Trinajstić information content (AvgIpc) is 2.93. The van der Waals surface area contributed by atoms with Crippen LogP contribution in [0.15, 0.2) is 84.9 Å². The van der Waals surface area contributed by atoms with Crippen molar-refractivity contribution in [1.29, 1.82) is 0 Å². The number of hydrogen-bond acceptors (Lipinski definition) is 5. The molecule has 0 saturated heterocycles. The summed E-state index contributed by atoms with van der Waals surface area (Å²) in [4.78, 5) is 29.2. The van der Waals surface area contributed by atoms with Crippen LogP contribution in [0.25, 0.3) is 0 Å². The fourth-order valence-corrected chi connectivity index (χ4v) is 5.63. The summed E-state index contributed by atoms with van der Waals surface area (Å²) in [7, 11) is -3.60. The van der Waals surface area contributed by atoms with Crippen molar-refractivity contribution in [3.05, 3.63) is 96.1 Å². The first-order valence-corrected chi connectivity index (χ1v) is 16.1. The molecule has 2 amide bonds. The van der Waals surface area contributed by atoms with Crippen LogP contribution in [0.5, 0.6) is 5.75 Å². The van der Waals surface area contributed by atoms with Gasteiger partial charge in [-0.1, -0.05) is 60.7 Å². The minimum Gasteiger partial charge on any atom is -0.494 e. The van der Waals surface area contributed by atoms with Gasteiger partial charge in [0, 0.05) is 31.5 Å². The van der Waals surface area contributed by atoms with E-state index in [-0.39, 0.29) is 37.7 Å². The van der Waals surface area contributed by atoms with Gasteiger partial charge in [-0.3, -0.25) is 13.9 Å². The van der Waals surface area contributed by atoms with E-state index >= 15 is 0 Å². The van der Waals surface area contributed by atoms with E-state index in [1.807, 2.05) is 88.4 Å². The first kappa shape index (κ1) is 32.7. The molecule has 3 rings (SSSR count). The van der Waals surface area contributed by atoms with Gasteiger partial charge in [-0.25, -0.2) is 8.42 Å². The average molecular weight is 594 g/mol. The second-order valence-electron chi connectivity index (χ2n) is 11.3. The molecule has 3 aromatic rings. The molecule has 0 heterocycles. The van der Waals surface area contributed by atoms with Crippen molar-refractivity contribution in [2.45, 2.75) is 65.1 Å². The van der Waals surface area contributed by atoms with Crippen molar-refractivity contribution in [3.63, 3.8) is 0 Å². The number of nitrogens with one attached hydrogen (secondary N) is 1. The van der Waals surface area contributed by atoms with E-state index in [0.717, 1.165) is 17.4 Å². The Morgan fingerprint density at radius 3 is 1.98 bits per heavy atom. The van der Waals surface area contributed by atoms with E-state index in [1.54, 1.807) is 29.2 Å². The van der Waals surface area contributed by atoms with Crippen LogP contribution in [0.4, 0.5) is 5.69 Å². The molecule has 0 aliphatic rings. The predicted octanol–water partition coefficient (Wildman–Crippen LogP) is 5.19. The maximum absolute atomic E-state index is 13.9. The summed E-state index contributed by atoms with van der Waals surface area (Å²) < 4.78 is 32.1. The number of amides is 2. The Bertz CT molecular complexity index is 1390. The zero-order valence-electron chi connectivity index (χ0n) is 25.2. The monoisotopic (exact) mass is 593 g/mol.